The maximum Gasteiger partial charge on any atom is 0.260 e. The van der Waals surface area contributed by atoms with E-state index in [0.717, 1.165) is 6.07 Å². The van der Waals surface area contributed by atoms with Gasteiger partial charge in [-0.15, -0.1) is 0 Å². The van der Waals surface area contributed by atoms with Crippen LogP contribution in [0.3, 0.4) is 0 Å². The molecule has 25 heavy (non-hydrogen) atoms. The highest BCUT2D eigenvalue weighted by molar-refractivity contribution is 6.34. The van der Waals surface area contributed by atoms with E-state index in [2.05, 4.69) is 5.32 Å². The lowest BCUT2D eigenvalue weighted by Crippen LogP contribution is -2.25. The molecule has 0 aromatic heterocycles. The Morgan fingerprint density at radius 3 is 2.48 bits per heavy atom. The van der Waals surface area contributed by atoms with Gasteiger partial charge in [0, 0.05) is 18.1 Å². The van der Waals surface area contributed by atoms with Crippen molar-refractivity contribution >= 4 is 29.2 Å². The normalized spacial score (nSPS) is 13.0. The van der Waals surface area contributed by atoms with Crippen LogP contribution in [0.25, 0.3) is 0 Å². The largest absolute Gasteiger partial charge is 0.545 e. The smallest absolute Gasteiger partial charge is 0.260 e. The van der Waals surface area contributed by atoms with E-state index in [4.69, 9.17) is 21.1 Å². The zero-order chi connectivity index (χ0) is 18.0. The molecule has 1 aliphatic heterocycles. The van der Waals surface area contributed by atoms with E-state index in [9.17, 15) is 19.1 Å². The molecule has 130 valence electrons. The zero-order valence-electron chi connectivity index (χ0n) is 12.8. The van der Waals surface area contributed by atoms with Crippen LogP contribution in [0.2, 0.25) is 5.02 Å². The predicted octanol–water partition coefficient (Wildman–Crippen LogP) is 2.26. The van der Waals surface area contributed by atoms with Gasteiger partial charge in [-0.25, -0.2) is 4.39 Å². The van der Waals surface area contributed by atoms with Crippen molar-refractivity contribution in [1.82, 2.24) is 0 Å². The monoisotopic (exact) mass is 364 g/mol. The molecule has 0 unspecified atom stereocenters. The van der Waals surface area contributed by atoms with Crippen LogP contribution >= 0.6 is 11.6 Å². The molecule has 8 heteroatoms. The summed E-state index contributed by atoms with van der Waals surface area (Å²) in [6, 6.07) is 6.29. The van der Waals surface area contributed by atoms with Gasteiger partial charge in [-0.05, 0) is 18.2 Å². The minimum atomic E-state index is -1.52. The maximum absolute atomic E-state index is 13.9. The molecule has 0 spiro atoms. The summed E-state index contributed by atoms with van der Waals surface area (Å²) in [5.74, 6) is -2.73. The Kier molecular flexibility index (Phi) is 4.76. The van der Waals surface area contributed by atoms with E-state index in [1.807, 2.05) is 0 Å². The number of carbonyl (C=O) groups is 2. The van der Waals surface area contributed by atoms with E-state index < -0.39 is 17.7 Å². The van der Waals surface area contributed by atoms with Crippen molar-refractivity contribution in [1.29, 1.82) is 0 Å². The second-order valence-corrected chi connectivity index (χ2v) is 5.64. The number of carbonyl (C=O) groups excluding carboxylic acids is 2. The third-order valence-corrected chi connectivity index (χ3v) is 3.86. The summed E-state index contributed by atoms with van der Waals surface area (Å²) in [4.78, 5) is 23.7. The molecular weight excluding hydrogens is 353 g/mol. The van der Waals surface area contributed by atoms with Crippen molar-refractivity contribution in [3.05, 3.63) is 52.3 Å². The molecule has 2 aromatic rings. The summed E-state index contributed by atoms with van der Waals surface area (Å²) in [6.07, 6.45) is 0.627. The predicted molar refractivity (Wildman–Crippen MR) is 85.7 cm³/mol. The molecule has 1 heterocycles. The summed E-state index contributed by atoms with van der Waals surface area (Å²) in [5.41, 5.74) is -0.806. The Labute approximate surface area is 147 Å². The van der Waals surface area contributed by atoms with Crippen LogP contribution in [-0.2, 0) is 0 Å². The lowest BCUT2D eigenvalue weighted by atomic mass is 10.1. The lowest BCUT2D eigenvalue weighted by molar-refractivity contribution is -0.254. The van der Waals surface area contributed by atoms with Gasteiger partial charge in [0.1, 0.15) is 5.82 Å². The van der Waals surface area contributed by atoms with E-state index in [1.165, 1.54) is 24.3 Å². The third-order valence-electron chi connectivity index (χ3n) is 3.55. The summed E-state index contributed by atoms with van der Waals surface area (Å²) in [7, 11) is 0. The molecule has 0 fully saturated rings. The fourth-order valence-corrected chi connectivity index (χ4v) is 2.63. The number of anilines is 1. The average Bonchev–Trinajstić information content (AvgIpc) is 2.78. The Bertz CT molecular complexity index is 835. The van der Waals surface area contributed by atoms with E-state index in [1.54, 1.807) is 0 Å². The minimum absolute atomic E-state index is 0.0955. The highest BCUT2D eigenvalue weighted by atomic mass is 35.5. The molecule has 0 bridgehead atoms. The van der Waals surface area contributed by atoms with Gasteiger partial charge in [0.2, 0.25) is 0 Å². The second kappa shape index (κ2) is 6.98. The molecule has 1 amide bonds. The van der Waals surface area contributed by atoms with Crippen molar-refractivity contribution in [3.8, 4) is 11.5 Å². The molecule has 0 aliphatic carbocycles. The molecule has 6 nitrogen and oxygen atoms in total. The molecule has 0 saturated carbocycles. The number of hydrogen-bond donors (Lipinski definition) is 1. The number of fused-ring (bicyclic) bond motifs is 1. The SMILES string of the molecule is O=C([O-])c1cc2c(cc1NC(=O)c1c(F)cccc1Cl)OCCCO2. The molecule has 0 radical (unpaired) electrons. The summed E-state index contributed by atoms with van der Waals surface area (Å²) in [6.45, 7) is 0.750. The van der Waals surface area contributed by atoms with E-state index in [-0.39, 0.29) is 33.3 Å². The highest BCUT2D eigenvalue weighted by Crippen LogP contribution is 2.35. The Hall–Kier alpha value is -2.80. The van der Waals surface area contributed by atoms with Crippen molar-refractivity contribution in [3.63, 3.8) is 0 Å². The van der Waals surface area contributed by atoms with Crippen LogP contribution in [0.15, 0.2) is 30.3 Å². The molecule has 3 rings (SSSR count). The molecule has 1 N–H and O–H groups in total. The molecule has 1 aliphatic rings. The Balaban J connectivity index is 2.00. The summed E-state index contributed by atoms with van der Waals surface area (Å²) < 4.78 is 24.8. The average molecular weight is 365 g/mol. The molecular formula is C17H12ClFNO5-. The van der Waals surface area contributed by atoms with Gasteiger partial charge < -0.3 is 24.7 Å². The third kappa shape index (κ3) is 3.51. The van der Waals surface area contributed by atoms with Crippen LogP contribution in [0.1, 0.15) is 27.1 Å². The fraction of sp³-hybridized carbons (Fsp3) is 0.176. The number of rotatable bonds is 3. The quantitative estimate of drug-likeness (QED) is 0.902. The second-order valence-electron chi connectivity index (χ2n) is 5.23. The first-order valence-electron chi connectivity index (χ1n) is 7.37. The van der Waals surface area contributed by atoms with Crippen molar-refractivity contribution < 1.29 is 28.6 Å². The number of aromatic carboxylic acids is 1. The lowest BCUT2D eigenvalue weighted by Gasteiger charge is -2.16. The first kappa shape index (κ1) is 17.0. The van der Waals surface area contributed by atoms with Crippen LogP contribution in [0.4, 0.5) is 10.1 Å². The van der Waals surface area contributed by atoms with Gasteiger partial charge in [-0.2, -0.15) is 0 Å². The van der Waals surface area contributed by atoms with E-state index >= 15 is 0 Å². The van der Waals surface area contributed by atoms with E-state index in [0.29, 0.717) is 19.6 Å². The number of hydrogen-bond acceptors (Lipinski definition) is 5. The van der Waals surface area contributed by atoms with Gasteiger partial charge in [-0.3, -0.25) is 4.79 Å². The maximum atomic E-state index is 13.9. The van der Waals surface area contributed by atoms with Crippen LogP contribution in [0.5, 0.6) is 11.5 Å². The molecule has 0 atom stereocenters. The van der Waals surface area contributed by atoms with Crippen LogP contribution < -0.4 is 19.9 Å². The standard InChI is InChI=1S/C17H13ClFNO5/c18-10-3-1-4-11(19)15(10)16(21)20-12-8-14-13(7-9(12)17(22)23)24-5-2-6-25-14/h1,3-4,7-8H,2,5-6H2,(H,20,21)(H,22,23)/p-1. The van der Waals surface area contributed by atoms with Gasteiger partial charge >= 0.3 is 0 Å². The number of benzene rings is 2. The summed E-state index contributed by atoms with van der Waals surface area (Å²) >= 11 is 5.86. The highest BCUT2D eigenvalue weighted by Gasteiger charge is 2.20. The van der Waals surface area contributed by atoms with Crippen molar-refractivity contribution in [2.24, 2.45) is 0 Å². The number of carboxylic acids is 1. The number of carboxylic acid groups (broad SMARTS) is 1. The van der Waals surface area contributed by atoms with Gasteiger partial charge in [0.05, 0.1) is 35.5 Å². The Morgan fingerprint density at radius 1 is 1.16 bits per heavy atom. The molecule has 0 saturated heterocycles. The van der Waals surface area contributed by atoms with Crippen molar-refractivity contribution in [2.75, 3.05) is 18.5 Å². The van der Waals surface area contributed by atoms with Gasteiger partial charge in [0.25, 0.3) is 5.91 Å². The van der Waals surface area contributed by atoms with Crippen LogP contribution in [0, 0.1) is 5.82 Å². The zero-order valence-corrected chi connectivity index (χ0v) is 13.6. The van der Waals surface area contributed by atoms with Crippen molar-refractivity contribution in [2.45, 2.75) is 6.42 Å². The number of ether oxygens (including phenoxy) is 2. The summed E-state index contributed by atoms with van der Waals surface area (Å²) in [5, 5.41) is 13.6. The first-order chi connectivity index (χ1) is 12.0. The Morgan fingerprint density at radius 2 is 1.84 bits per heavy atom. The first-order valence-corrected chi connectivity index (χ1v) is 7.75. The fourth-order valence-electron chi connectivity index (χ4n) is 2.38. The number of amides is 1. The number of halogens is 2. The van der Waals surface area contributed by atoms with Gasteiger partial charge in [0.15, 0.2) is 11.5 Å². The van der Waals surface area contributed by atoms with Crippen LogP contribution in [-0.4, -0.2) is 25.1 Å². The topological polar surface area (TPSA) is 87.7 Å². The van der Waals surface area contributed by atoms with Gasteiger partial charge in [-0.1, -0.05) is 17.7 Å². The minimum Gasteiger partial charge on any atom is -0.545 e. The molecule has 2 aromatic carbocycles. The number of nitrogens with one attached hydrogen (secondary N) is 1.